The quantitative estimate of drug-likeness (QED) is 0.491. The number of sulfonamides is 1. The summed E-state index contributed by atoms with van der Waals surface area (Å²) in [4.78, 5) is 28.4. The molecule has 0 radical (unpaired) electrons. The zero-order valence-corrected chi connectivity index (χ0v) is 23.5. The summed E-state index contributed by atoms with van der Waals surface area (Å²) in [5, 5.41) is 3.33. The fourth-order valence-corrected chi connectivity index (χ4v) is 4.83. The second kappa shape index (κ2) is 12.0. The molecule has 0 fully saturated rings. The van der Waals surface area contributed by atoms with E-state index in [2.05, 4.69) is 5.32 Å². The van der Waals surface area contributed by atoms with Crippen molar-refractivity contribution in [1.29, 1.82) is 0 Å². The van der Waals surface area contributed by atoms with E-state index in [1.165, 1.54) is 4.90 Å². The molecule has 0 aliphatic heterocycles. The topological polar surface area (TPSA) is 96.0 Å². The van der Waals surface area contributed by atoms with Crippen LogP contribution in [-0.2, 0) is 26.2 Å². The number of rotatable bonds is 10. The van der Waals surface area contributed by atoms with Crippen LogP contribution in [-0.4, -0.2) is 56.6 Å². The SMILES string of the molecule is CC[C@@H](C(=O)NC(C)(C)C)N(Cc1ccc(OC)cc1)C(=O)CN(c1cccc(Cl)c1C)S(C)(=O)=O. The molecule has 1 N–H and O–H groups in total. The molecule has 0 heterocycles. The summed E-state index contributed by atoms with van der Waals surface area (Å²) in [6, 6.07) is 11.2. The summed E-state index contributed by atoms with van der Waals surface area (Å²) in [5.74, 6) is -0.156. The van der Waals surface area contributed by atoms with E-state index in [1.807, 2.05) is 39.8 Å². The van der Waals surface area contributed by atoms with E-state index in [4.69, 9.17) is 16.3 Å². The number of benzene rings is 2. The minimum absolute atomic E-state index is 0.116. The number of carbonyl (C=O) groups is 2. The van der Waals surface area contributed by atoms with Crippen molar-refractivity contribution in [1.82, 2.24) is 10.2 Å². The van der Waals surface area contributed by atoms with Crippen LogP contribution in [0.25, 0.3) is 0 Å². The second-order valence-electron chi connectivity index (χ2n) is 9.69. The molecule has 2 amide bonds. The first kappa shape index (κ1) is 29.5. The van der Waals surface area contributed by atoms with Crippen LogP contribution in [0.1, 0.15) is 45.2 Å². The zero-order chi connectivity index (χ0) is 27.3. The number of nitrogens with zero attached hydrogens (tertiary/aromatic N) is 2. The number of methoxy groups -OCH3 is 1. The molecular weight excluding hydrogens is 502 g/mol. The minimum atomic E-state index is -3.84. The Bertz CT molecular complexity index is 1180. The molecule has 2 rings (SSSR count). The van der Waals surface area contributed by atoms with Crippen molar-refractivity contribution in [2.75, 3.05) is 24.2 Å². The van der Waals surface area contributed by atoms with Crippen LogP contribution in [0, 0.1) is 6.92 Å². The number of anilines is 1. The van der Waals surface area contributed by atoms with E-state index in [-0.39, 0.29) is 12.5 Å². The molecule has 2 aromatic carbocycles. The predicted octanol–water partition coefficient (Wildman–Crippen LogP) is 4.15. The maximum Gasteiger partial charge on any atom is 0.244 e. The average molecular weight is 538 g/mol. The van der Waals surface area contributed by atoms with Crippen molar-refractivity contribution in [2.24, 2.45) is 0 Å². The van der Waals surface area contributed by atoms with Gasteiger partial charge in [0.1, 0.15) is 18.3 Å². The molecule has 10 heteroatoms. The normalized spacial score (nSPS) is 12.6. The Hall–Kier alpha value is -2.78. The van der Waals surface area contributed by atoms with Gasteiger partial charge in [-0.1, -0.05) is 36.7 Å². The molecule has 0 aliphatic carbocycles. The lowest BCUT2D eigenvalue weighted by molar-refractivity contribution is -0.141. The molecule has 2 aromatic rings. The van der Waals surface area contributed by atoms with Crippen LogP contribution >= 0.6 is 11.6 Å². The van der Waals surface area contributed by atoms with E-state index in [1.54, 1.807) is 44.4 Å². The van der Waals surface area contributed by atoms with Gasteiger partial charge in [-0.25, -0.2) is 8.42 Å². The highest BCUT2D eigenvalue weighted by atomic mass is 35.5. The lowest BCUT2D eigenvalue weighted by Crippen LogP contribution is -2.55. The molecule has 0 aliphatic rings. The monoisotopic (exact) mass is 537 g/mol. The lowest BCUT2D eigenvalue weighted by Gasteiger charge is -2.34. The van der Waals surface area contributed by atoms with Crippen molar-refractivity contribution in [3.8, 4) is 5.75 Å². The Kier molecular flexibility index (Phi) is 9.79. The number of hydrogen-bond donors (Lipinski definition) is 1. The number of ether oxygens (including phenoxy) is 1. The molecule has 0 saturated carbocycles. The first-order chi connectivity index (χ1) is 16.7. The highest BCUT2D eigenvalue weighted by Crippen LogP contribution is 2.28. The maximum absolute atomic E-state index is 13.7. The summed E-state index contributed by atoms with van der Waals surface area (Å²) in [6.45, 7) is 8.74. The van der Waals surface area contributed by atoms with Crippen LogP contribution in [0.4, 0.5) is 5.69 Å². The van der Waals surface area contributed by atoms with Crippen LogP contribution in [0.2, 0.25) is 5.02 Å². The van der Waals surface area contributed by atoms with Gasteiger partial charge >= 0.3 is 0 Å². The summed E-state index contributed by atoms with van der Waals surface area (Å²) in [5.41, 5.74) is 1.12. The first-order valence-corrected chi connectivity index (χ1v) is 13.9. The van der Waals surface area contributed by atoms with Gasteiger partial charge in [-0.3, -0.25) is 13.9 Å². The van der Waals surface area contributed by atoms with Gasteiger partial charge in [0.05, 0.1) is 19.1 Å². The first-order valence-electron chi connectivity index (χ1n) is 11.6. The van der Waals surface area contributed by atoms with E-state index in [0.717, 1.165) is 16.1 Å². The van der Waals surface area contributed by atoms with Gasteiger partial charge in [-0.05, 0) is 69.5 Å². The van der Waals surface area contributed by atoms with E-state index >= 15 is 0 Å². The molecule has 0 unspecified atom stereocenters. The van der Waals surface area contributed by atoms with Crippen molar-refractivity contribution in [3.63, 3.8) is 0 Å². The molecule has 0 bridgehead atoms. The molecule has 36 heavy (non-hydrogen) atoms. The summed E-state index contributed by atoms with van der Waals surface area (Å²) < 4.78 is 31.8. The third kappa shape index (κ3) is 7.86. The fraction of sp³-hybridized carbons (Fsp3) is 0.462. The van der Waals surface area contributed by atoms with E-state index < -0.39 is 34.1 Å². The van der Waals surface area contributed by atoms with Crippen molar-refractivity contribution >= 4 is 39.1 Å². The number of nitrogens with one attached hydrogen (secondary N) is 1. The Labute approximate surface area is 219 Å². The lowest BCUT2D eigenvalue weighted by atomic mass is 10.1. The van der Waals surface area contributed by atoms with E-state index in [9.17, 15) is 18.0 Å². The maximum atomic E-state index is 13.7. The Balaban J connectivity index is 2.50. The molecule has 1 atom stereocenters. The number of halogens is 1. The van der Waals surface area contributed by atoms with Crippen molar-refractivity contribution < 1.29 is 22.7 Å². The van der Waals surface area contributed by atoms with Gasteiger partial charge in [0.15, 0.2) is 0 Å². The van der Waals surface area contributed by atoms with Crippen LogP contribution in [0.15, 0.2) is 42.5 Å². The van der Waals surface area contributed by atoms with Crippen molar-refractivity contribution in [3.05, 3.63) is 58.6 Å². The molecule has 0 aromatic heterocycles. The number of amides is 2. The van der Waals surface area contributed by atoms with Gasteiger partial charge in [-0.2, -0.15) is 0 Å². The Morgan fingerprint density at radius 2 is 1.72 bits per heavy atom. The molecule has 0 saturated heterocycles. The fourth-order valence-electron chi connectivity index (χ4n) is 3.76. The van der Waals surface area contributed by atoms with Gasteiger partial charge in [-0.15, -0.1) is 0 Å². The van der Waals surface area contributed by atoms with Gasteiger partial charge in [0.25, 0.3) is 0 Å². The second-order valence-corrected chi connectivity index (χ2v) is 12.0. The summed E-state index contributed by atoms with van der Waals surface area (Å²) in [6.07, 6.45) is 1.39. The largest absolute Gasteiger partial charge is 0.497 e. The molecular formula is C26H36ClN3O5S. The van der Waals surface area contributed by atoms with Crippen molar-refractivity contribution in [2.45, 2.75) is 59.2 Å². The number of hydrogen-bond acceptors (Lipinski definition) is 5. The highest BCUT2D eigenvalue weighted by molar-refractivity contribution is 7.92. The average Bonchev–Trinajstić information content (AvgIpc) is 2.77. The highest BCUT2D eigenvalue weighted by Gasteiger charge is 2.33. The third-order valence-corrected chi connectivity index (χ3v) is 7.12. The Morgan fingerprint density at radius 1 is 1.11 bits per heavy atom. The van der Waals surface area contributed by atoms with Crippen LogP contribution < -0.4 is 14.4 Å². The third-order valence-electron chi connectivity index (χ3n) is 5.58. The Morgan fingerprint density at radius 3 is 2.22 bits per heavy atom. The predicted molar refractivity (Wildman–Crippen MR) is 144 cm³/mol. The van der Waals surface area contributed by atoms with Gasteiger partial charge < -0.3 is 15.0 Å². The van der Waals surface area contributed by atoms with Crippen LogP contribution in [0.3, 0.4) is 0 Å². The molecule has 0 spiro atoms. The van der Waals surface area contributed by atoms with Crippen LogP contribution in [0.5, 0.6) is 5.75 Å². The molecule has 198 valence electrons. The minimum Gasteiger partial charge on any atom is -0.497 e. The zero-order valence-electron chi connectivity index (χ0n) is 22.0. The van der Waals surface area contributed by atoms with E-state index in [0.29, 0.717) is 28.4 Å². The van der Waals surface area contributed by atoms with Gasteiger partial charge in [0, 0.05) is 17.1 Å². The van der Waals surface area contributed by atoms with Gasteiger partial charge in [0.2, 0.25) is 21.8 Å². The summed E-state index contributed by atoms with van der Waals surface area (Å²) >= 11 is 6.24. The number of carbonyl (C=O) groups excluding carboxylic acids is 2. The standard InChI is InChI=1S/C26H36ClN3O5S/c1-8-22(25(32)28-26(3,4)5)29(16-19-12-14-20(35-6)15-13-19)24(31)17-30(36(7,33)34)23-11-9-10-21(27)18(23)2/h9-15,22H,8,16-17H2,1-7H3,(H,28,32)/t22-/m0/s1. The summed E-state index contributed by atoms with van der Waals surface area (Å²) in [7, 11) is -2.28. The molecule has 8 nitrogen and oxygen atoms in total. The smallest absolute Gasteiger partial charge is 0.244 e.